The van der Waals surface area contributed by atoms with Crippen LogP contribution >= 0.6 is 23.1 Å². The summed E-state index contributed by atoms with van der Waals surface area (Å²) >= 11 is 2.76. The number of carbonyl (C=O) groups is 2. The highest BCUT2D eigenvalue weighted by molar-refractivity contribution is 7.99. The molecule has 10 heteroatoms. The molecule has 1 aromatic carbocycles. The number of hydrogen-bond acceptors (Lipinski definition) is 7. The Morgan fingerprint density at radius 2 is 2.00 bits per heavy atom. The van der Waals surface area contributed by atoms with Crippen molar-refractivity contribution in [1.29, 1.82) is 5.26 Å². The number of H-pyrrole nitrogens is 1. The molecule has 3 N–H and O–H groups in total. The summed E-state index contributed by atoms with van der Waals surface area (Å²) in [6.45, 7) is 8.24. The first-order chi connectivity index (χ1) is 16.6. The molecule has 0 fully saturated rings. The Hall–Kier alpha value is -3.16. The second-order valence-electron chi connectivity index (χ2n) is 9.69. The number of anilines is 2. The molecule has 1 atom stereocenters. The molecule has 0 bridgehead atoms. The number of benzene rings is 1. The van der Waals surface area contributed by atoms with Crippen LogP contribution in [-0.4, -0.2) is 32.7 Å². The first-order valence-corrected chi connectivity index (χ1v) is 13.2. The number of fused-ring (bicyclic) bond motifs is 1. The fourth-order valence-corrected chi connectivity index (χ4v) is 6.07. The minimum absolute atomic E-state index is 0.131. The predicted molar refractivity (Wildman–Crippen MR) is 139 cm³/mol. The molecule has 182 valence electrons. The fraction of sp³-hybridized carbons (Fsp3) is 0.400. The van der Waals surface area contributed by atoms with E-state index in [0.717, 1.165) is 30.4 Å². The number of thiophene rings is 1. The number of aromatic amines is 1. The van der Waals surface area contributed by atoms with Crippen LogP contribution in [0.2, 0.25) is 0 Å². The number of nitrogens with zero attached hydrogens (tertiary/aromatic N) is 3. The molecule has 1 aliphatic carbocycles. The predicted octanol–water partition coefficient (Wildman–Crippen LogP) is 5.25. The van der Waals surface area contributed by atoms with Gasteiger partial charge in [0.1, 0.15) is 11.1 Å². The van der Waals surface area contributed by atoms with Crippen LogP contribution in [-0.2, 0) is 22.4 Å². The number of nitriles is 1. The number of thioether (sulfide) groups is 1. The SMILES string of the molecule is CC(=O)Nc1ccc(-c2nc(SCC(=O)Nc3sc4c(c3C#N)CC[C@H](C(C)(C)C)C4)n[nH]2)cc1. The van der Waals surface area contributed by atoms with Crippen molar-refractivity contribution >= 4 is 45.6 Å². The number of aromatic nitrogens is 3. The van der Waals surface area contributed by atoms with E-state index in [1.165, 1.54) is 34.9 Å². The van der Waals surface area contributed by atoms with Crippen LogP contribution < -0.4 is 10.6 Å². The first kappa shape index (κ1) is 24.9. The summed E-state index contributed by atoms with van der Waals surface area (Å²) in [5.41, 5.74) is 3.45. The van der Waals surface area contributed by atoms with E-state index >= 15 is 0 Å². The van der Waals surface area contributed by atoms with E-state index in [-0.39, 0.29) is 23.0 Å². The van der Waals surface area contributed by atoms with E-state index in [1.807, 2.05) is 12.1 Å². The van der Waals surface area contributed by atoms with E-state index in [0.29, 0.717) is 33.2 Å². The van der Waals surface area contributed by atoms with Gasteiger partial charge >= 0.3 is 0 Å². The zero-order valence-electron chi connectivity index (χ0n) is 20.2. The van der Waals surface area contributed by atoms with E-state index in [9.17, 15) is 14.9 Å². The molecule has 4 rings (SSSR count). The van der Waals surface area contributed by atoms with Crippen LogP contribution in [0.25, 0.3) is 11.4 Å². The van der Waals surface area contributed by atoms with Gasteiger partial charge in [-0.05, 0) is 60.4 Å². The number of hydrogen-bond donors (Lipinski definition) is 3. The number of nitrogens with one attached hydrogen (secondary N) is 3. The van der Waals surface area contributed by atoms with Crippen molar-refractivity contribution in [3.63, 3.8) is 0 Å². The molecule has 0 aliphatic heterocycles. The zero-order valence-corrected chi connectivity index (χ0v) is 21.8. The zero-order chi connectivity index (χ0) is 25.2. The monoisotopic (exact) mass is 508 g/mol. The lowest BCUT2D eigenvalue weighted by Crippen LogP contribution is -2.26. The lowest BCUT2D eigenvalue weighted by molar-refractivity contribution is -0.114. The van der Waals surface area contributed by atoms with Gasteiger partial charge in [-0.15, -0.1) is 16.4 Å². The van der Waals surface area contributed by atoms with E-state index in [2.05, 4.69) is 52.7 Å². The third-order valence-corrected chi connectivity index (χ3v) is 8.15. The summed E-state index contributed by atoms with van der Waals surface area (Å²) in [5.74, 6) is 0.961. The van der Waals surface area contributed by atoms with Gasteiger partial charge in [-0.1, -0.05) is 32.5 Å². The molecule has 35 heavy (non-hydrogen) atoms. The van der Waals surface area contributed by atoms with Crippen molar-refractivity contribution in [2.24, 2.45) is 11.3 Å². The molecule has 2 amide bonds. The quantitative estimate of drug-likeness (QED) is 0.391. The summed E-state index contributed by atoms with van der Waals surface area (Å²) in [4.78, 5) is 29.5. The largest absolute Gasteiger partial charge is 0.326 e. The molecule has 0 radical (unpaired) electrons. The summed E-state index contributed by atoms with van der Waals surface area (Å²) in [6, 6.07) is 9.55. The van der Waals surface area contributed by atoms with Crippen LogP contribution in [0.15, 0.2) is 29.4 Å². The Morgan fingerprint density at radius 3 is 2.66 bits per heavy atom. The van der Waals surface area contributed by atoms with Gasteiger partial charge in [0.05, 0.1) is 11.3 Å². The van der Waals surface area contributed by atoms with Crippen LogP contribution in [0.1, 0.15) is 50.1 Å². The standard InChI is InChI=1S/C25H28N6O2S2/c1-14(32)27-17-8-5-15(6-9-17)22-29-24(31-30-22)34-13-21(33)28-23-19(12-26)18-10-7-16(25(2,3)4)11-20(18)35-23/h5-6,8-9,16H,7,10-11,13H2,1-4H3,(H,27,32)(H,28,33)(H,29,30,31)/t16-/m0/s1. The molecular weight excluding hydrogens is 480 g/mol. The van der Waals surface area contributed by atoms with Crippen molar-refractivity contribution in [2.45, 2.75) is 52.1 Å². The average molecular weight is 509 g/mol. The van der Waals surface area contributed by atoms with Crippen LogP contribution in [0.4, 0.5) is 10.7 Å². The van der Waals surface area contributed by atoms with E-state index in [1.54, 1.807) is 12.1 Å². The normalized spacial score (nSPS) is 15.2. The van der Waals surface area contributed by atoms with Crippen LogP contribution in [0.3, 0.4) is 0 Å². The van der Waals surface area contributed by atoms with Crippen molar-refractivity contribution in [3.05, 3.63) is 40.3 Å². The molecule has 1 aliphatic rings. The Balaban J connectivity index is 1.37. The van der Waals surface area contributed by atoms with Crippen molar-refractivity contribution in [1.82, 2.24) is 15.2 Å². The highest BCUT2D eigenvalue weighted by Crippen LogP contribution is 2.44. The van der Waals surface area contributed by atoms with Crippen LogP contribution in [0, 0.1) is 22.7 Å². The Morgan fingerprint density at radius 1 is 1.26 bits per heavy atom. The van der Waals surface area contributed by atoms with E-state index < -0.39 is 0 Å². The van der Waals surface area contributed by atoms with Gasteiger partial charge < -0.3 is 10.6 Å². The molecular formula is C25H28N6O2S2. The summed E-state index contributed by atoms with van der Waals surface area (Å²) in [7, 11) is 0. The maximum atomic E-state index is 12.7. The molecule has 3 aromatic rings. The van der Waals surface area contributed by atoms with Crippen LogP contribution in [0.5, 0.6) is 0 Å². The maximum absolute atomic E-state index is 12.7. The topological polar surface area (TPSA) is 124 Å². The summed E-state index contributed by atoms with van der Waals surface area (Å²) in [6.07, 6.45) is 2.90. The maximum Gasteiger partial charge on any atom is 0.235 e. The molecule has 0 saturated carbocycles. The third-order valence-electron chi connectivity index (χ3n) is 6.13. The van der Waals surface area contributed by atoms with Gasteiger partial charge in [-0.2, -0.15) is 5.26 Å². The molecule has 8 nitrogen and oxygen atoms in total. The lowest BCUT2D eigenvalue weighted by atomic mass is 9.72. The highest BCUT2D eigenvalue weighted by Gasteiger charge is 2.32. The minimum Gasteiger partial charge on any atom is -0.326 e. The van der Waals surface area contributed by atoms with Gasteiger partial charge in [-0.3, -0.25) is 14.7 Å². The van der Waals surface area contributed by atoms with E-state index in [4.69, 9.17) is 0 Å². The molecule has 0 spiro atoms. The Labute approximate surface area is 212 Å². The smallest absolute Gasteiger partial charge is 0.235 e. The molecule has 2 aromatic heterocycles. The minimum atomic E-state index is -0.191. The second-order valence-corrected chi connectivity index (χ2v) is 11.7. The molecule has 2 heterocycles. The lowest BCUT2D eigenvalue weighted by Gasteiger charge is -2.33. The number of carbonyl (C=O) groups excluding carboxylic acids is 2. The molecule has 0 saturated heterocycles. The first-order valence-electron chi connectivity index (χ1n) is 11.4. The van der Waals surface area contributed by atoms with Crippen molar-refractivity contribution in [3.8, 4) is 17.5 Å². The Kier molecular flexibility index (Phi) is 7.28. The van der Waals surface area contributed by atoms with Crippen molar-refractivity contribution in [2.75, 3.05) is 16.4 Å². The number of rotatable bonds is 6. The fourth-order valence-electron chi connectivity index (χ4n) is 4.18. The van der Waals surface area contributed by atoms with Gasteiger partial charge in [0.15, 0.2) is 5.82 Å². The average Bonchev–Trinajstić information content (AvgIpc) is 3.41. The van der Waals surface area contributed by atoms with Gasteiger partial charge in [0.2, 0.25) is 17.0 Å². The third kappa shape index (κ3) is 5.92. The second kappa shape index (κ2) is 10.2. The van der Waals surface area contributed by atoms with Gasteiger partial charge in [0, 0.05) is 23.1 Å². The number of amides is 2. The molecule has 0 unspecified atom stereocenters. The summed E-state index contributed by atoms with van der Waals surface area (Å²) < 4.78 is 0. The Bertz CT molecular complexity index is 1280. The highest BCUT2D eigenvalue weighted by atomic mass is 32.2. The van der Waals surface area contributed by atoms with Crippen molar-refractivity contribution < 1.29 is 9.59 Å². The summed E-state index contributed by atoms with van der Waals surface area (Å²) in [5, 5.41) is 23.6. The van der Waals surface area contributed by atoms with Gasteiger partial charge in [-0.25, -0.2) is 4.98 Å². The van der Waals surface area contributed by atoms with Gasteiger partial charge in [0.25, 0.3) is 0 Å².